The molecule has 0 radical (unpaired) electrons. The van der Waals surface area contributed by atoms with Gasteiger partial charge in [-0.15, -0.1) is 0 Å². The highest BCUT2D eigenvalue weighted by atomic mass is 79.9. The number of hydrogen-bond acceptors (Lipinski definition) is 2. The van der Waals surface area contributed by atoms with Gasteiger partial charge in [-0.1, -0.05) is 41.5 Å². The van der Waals surface area contributed by atoms with Crippen LogP contribution < -0.4 is 5.32 Å². The first-order valence-electron chi connectivity index (χ1n) is 6.26. The average Bonchev–Trinajstić information content (AvgIpc) is 2.63. The molecule has 0 unspecified atom stereocenters. The molecule has 0 saturated carbocycles. The van der Waals surface area contributed by atoms with Crippen LogP contribution in [0.4, 0.5) is 10.1 Å². The molecule has 0 spiro atoms. The van der Waals surface area contributed by atoms with E-state index in [1.165, 1.54) is 6.07 Å². The van der Waals surface area contributed by atoms with Gasteiger partial charge < -0.3 is 5.32 Å². The van der Waals surface area contributed by atoms with Crippen LogP contribution in [0.15, 0.2) is 39.8 Å². The van der Waals surface area contributed by atoms with Gasteiger partial charge in [-0.25, -0.2) is 4.39 Å². The van der Waals surface area contributed by atoms with Gasteiger partial charge >= 0.3 is 0 Å². The molecule has 0 saturated heterocycles. The minimum absolute atomic E-state index is 0.219. The van der Waals surface area contributed by atoms with Crippen LogP contribution >= 0.6 is 51.3 Å². The molecule has 0 bridgehead atoms. The van der Waals surface area contributed by atoms with Crippen molar-refractivity contribution in [1.29, 1.82) is 0 Å². The summed E-state index contributed by atoms with van der Waals surface area (Å²) in [6.45, 7) is 0.234. The number of benzene rings is 2. The lowest BCUT2D eigenvalue weighted by Gasteiger charge is -2.15. The Balaban J connectivity index is 2.34. The molecule has 3 rings (SSSR count). The van der Waals surface area contributed by atoms with Crippen LogP contribution in [0.5, 0.6) is 0 Å². The summed E-state index contributed by atoms with van der Waals surface area (Å²) in [5.74, 6) is -0.457. The number of rotatable bonds is 1. The average molecular weight is 418 g/mol. The maximum Gasteiger partial charge on any atom is 0.134 e. The summed E-state index contributed by atoms with van der Waals surface area (Å²) in [6, 6.07) is 8.11. The minimum atomic E-state index is -0.457. The van der Waals surface area contributed by atoms with Crippen LogP contribution in [-0.2, 0) is 0 Å². The molecule has 112 valence electrons. The van der Waals surface area contributed by atoms with Crippen molar-refractivity contribution in [3.8, 4) is 0 Å². The standard InChI is InChI=1S/C15H8BrCl2FN2S/c16-7-4-5-10-13(14(7)18)15(20-6-11(22)21-10)12-8(17)2-1-3-9(12)19/h1-5H,6H2,(H,21,22). The fourth-order valence-electron chi connectivity index (χ4n) is 2.23. The molecule has 1 aliphatic heterocycles. The van der Waals surface area contributed by atoms with Crippen molar-refractivity contribution in [2.24, 2.45) is 4.99 Å². The number of anilines is 1. The second-order valence-corrected chi connectivity index (χ2v) is 6.73. The van der Waals surface area contributed by atoms with Gasteiger partial charge in [0.1, 0.15) is 10.8 Å². The number of thiocarbonyl (C=S) groups is 1. The van der Waals surface area contributed by atoms with Gasteiger partial charge in [-0.2, -0.15) is 0 Å². The molecule has 7 heteroatoms. The Bertz CT molecular complexity index is 803. The molecule has 22 heavy (non-hydrogen) atoms. The smallest absolute Gasteiger partial charge is 0.134 e. The lowest BCUT2D eigenvalue weighted by atomic mass is 10.00. The van der Waals surface area contributed by atoms with E-state index in [2.05, 4.69) is 26.2 Å². The molecule has 2 nitrogen and oxygen atoms in total. The lowest BCUT2D eigenvalue weighted by molar-refractivity contribution is 0.625. The Morgan fingerprint density at radius 1 is 1.18 bits per heavy atom. The molecule has 1 N–H and O–H groups in total. The first-order chi connectivity index (χ1) is 10.5. The molecular weight excluding hydrogens is 410 g/mol. The van der Waals surface area contributed by atoms with E-state index in [1.807, 2.05) is 6.07 Å². The summed E-state index contributed by atoms with van der Waals surface area (Å²) >= 11 is 21.2. The zero-order valence-corrected chi connectivity index (χ0v) is 14.9. The molecule has 0 fully saturated rings. The Kier molecular flexibility index (Phi) is 4.50. The first kappa shape index (κ1) is 15.9. The van der Waals surface area contributed by atoms with Crippen LogP contribution in [0.2, 0.25) is 10.0 Å². The summed E-state index contributed by atoms with van der Waals surface area (Å²) in [4.78, 5) is 4.95. The van der Waals surface area contributed by atoms with E-state index >= 15 is 0 Å². The molecule has 2 aromatic carbocycles. The Morgan fingerprint density at radius 2 is 1.95 bits per heavy atom. The monoisotopic (exact) mass is 416 g/mol. The van der Waals surface area contributed by atoms with Gasteiger partial charge in [0.15, 0.2) is 0 Å². The van der Waals surface area contributed by atoms with Crippen LogP contribution in [-0.4, -0.2) is 17.2 Å². The van der Waals surface area contributed by atoms with E-state index in [0.717, 1.165) is 0 Å². The number of fused-ring (bicyclic) bond motifs is 1. The van der Waals surface area contributed by atoms with Crippen molar-refractivity contribution in [3.63, 3.8) is 0 Å². The fourth-order valence-corrected chi connectivity index (χ4v) is 3.25. The van der Waals surface area contributed by atoms with Crippen molar-refractivity contribution < 1.29 is 4.39 Å². The summed E-state index contributed by atoms with van der Waals surface area (Å²) in [7, 11) is 0. The van der Waals surface area contributed by atoms with Crippen molar-refractivity contribution in [1.82, 2.24) is 0 Å². The Hall–Kier alpha value is -1.01. The molecule has 0 amide bonds. The van der Waals surface area contributed by atoms with Gasteiger partial charge in [0, 0.05) is 15.7 Å². The van der Waals surface area contributed by atoms with Gasteiger partial charge in [-0.05, 0) is 40.2 Å². The van der Waals surface area contributed by atoms with E-state index in [0.29, 0.717) is 31.4 Å². The quantitative estimate of drug-likeness (QED) is 0.620. The largest absolute Gasteiger partial charge is 0.348 e. The highest BCUT2D eigenvalue weighted by Crippen LogP contribution is 2.36. The fraction of sp³-hybridized carbons (Fsp3) is 0.0667. The van der Waals surface area contributed by atoms with Crippen molar-refractivity contribution >= 4 is 67.7 Å². The number of nitrogens with zero attached hydrogens (tertiary/aromatic N) is 1. The van der Waals surface area contributed by atoms with E-state index in [-0.39, 0.29) is 17.1 Å². The predicted molar refractivity (Wildman–Crippen MR) is 97.3 cm³/mol. The van der Waals surface area contributed by atoms with E-state index in [1.54, 1.807) is 18.2 Å². The number of nitrogens with one attached hydrogen (secondary N) is 1. The normalized spacial score (nSPS) is 14.0. The number of aliphatic imine (C=N–C) groups is 1. The molecule has 1 aliphatic rings. The van der Waals surface area contributed by atoms with Gasteiger partial charge in [0.2, 0.25) is 0 Å². The van der Waals surface area contributed by atoms with E-state index in [9.17, 15) is 4.39 Å². The van der Waals surface area contributed by atoms with Crippen molar-refractivity contribution in [2.75, 3.05) is 11.9 Å². The highest BCUT2D eigenvalue weighted by molar-refractivity contribution is 9.10. The third kappa shape index (κ3) is 2.78. The lowest BCUT2D eigenvalue weighted by Crippen LogP contribution is -2.11. The predicted octanol–water partition coefficient (Wildman–Crippen LogP) is 5.49. The number of benzodiazepines with no additional fused rings is 1. The number of hydrogen-bond donors (Lipinski definition) is 1. The highest BCUT2D eigenvalue weighted by Gasteiger charge is 2.24. The summed E-state index contributed by atoms with van der Waals surface area (Å²) in [6.07, 6.45) is 0. The molecule has 0 atom stereocenters. The molecule has 2 aromatic rings. The van der Waals surface area contributed by atoms with E-state index < -0.39 is 5.82 Å². The van der Waals surface area contributed by atoms with Crippen molar-refractivity contribution in [3.05, 3.63) is 61.8 Å². The van der Waals surface area contributed by atoms with Crippen LogP contribution in [0.3, 0.4) is 0 Å². The van der Waals surface area contributed by atoms with Crippen molar-refractivity contribution in [2.45, 2.75) is 0 Å². The Labute approximate surface area is 150 Å². The van der Waals surface area contributed by atoms with Gasteiger partial charge in [0.05, 0.1) is 27.9 Å². The number of halogens is 4. The van der Waals surface area contributed by atoms with Gasteiger partial charge in [0.25, 0.3) is 0 Å². The molecular formula is C15H8BrCl2FN2S. The molecule has 0 aliphatic carbocycles. The SMILES string of the molecule is Fc1cccc(Cl)c1C1=NCC(=S)Nc2ccc(Br)c(Cl)c21. The Morgan fingerprint density at radius 3 is 2.68 bits per heavy atom. The maximum absolute atomic E-state index is 14.3. The molecule has 1 heterocycles. The van der Waals surface area contributed by atoms with Crippen LogP contribution in [0.1, 0.15) is 11.1 Å². The summed E-state index contributed by atoms with van der Waals surface area (Å²) in [5.41, 5.74) is 1.85. The zero-order valence-electron chi connectivity index (χ0n) is 11.0. The van der Waals surface area contributed by atoms with Gasteiger partial charge in [-0.3, -0.25) is 4.99 Å². The summed E-state index contributed by atoms with van der Waals surface area (Å²) in [5, 5.41) is 3.77. The molecule has 0 aromatic heterocycles. The maximum atomic E-state index is 14.3. The summed E-state index contributed by atoms with van der Waals surface area (Å²) < 4.78 is 15.0. The topological polar surface area (TPSA) is 24.4 Å². The van der Waals surface area contributed by atoms with Crippen LogP contribution in [0.25, 0.3) is 0 Å². The minimum Gasteiger partial charge on any atom is -0.348 e. The second-order valence-electron chi connectivity index (χ2n) is 4.59. The second kappa shape index (κ2) is 6.24. The van der Waals surface area contributed by atoms with E-state index in [4.69, 9.17) is 35.4 Å². The zero-order chi connectivity index (χ0) is 15.9. The third-order valence-electron chi connectivity index (χ3n) is 3.19. The third-order valence-corrected chi connectivity index (χ3v) is 5.01. The first-order valence-corrected chi connectivity index (χ1v) is 8.22. The van der Waals surface area contributed by atoms with Crippen LogP contribution in [0, 0.1) is 5.82 Å².